The van der Waals surface area contributed by atoms with Gasteiger partial charge in [-0.1, -0.05) is 0 Å². The van der Waals surface area contributed by atoms with Crippen LogP contribution < -0.4 is 5.48 Å². The molecule has 1 heterocycles. The molecule has 0 aromatic carbocycles. The highest BCUT2D eigenvalue weighted by atomic mass is 32.2. The maximum Gasteiger partial charge on any atom is 0.150 e. The van der Waals surface area contributed by atoms with E-state index in [-0.39, 0.29) is 17.4 Å². The van der Waals surface area contributed by atoms with Crippen molar-refractivity contribution < 1.29 is 13.6 Å². The molecule has 0 amide bonds. The molecular weight excluding hydrogens is 154 g/mol. The second-order valence-corrected chi connectivity index (χ2v) is 4.86. The molecular formula is C5H11NO3S. The minimum Gasteiger partial charge on any atom is -0.317 e. The number of rotatable bonds is 2. The Kier molecular flexibility index (Phi) is 2.28. The summed E-state index contributed by atoms with van der Waals surface area (Å²) in [6.45, 7) is 0.388. The van der Waals surface area contributed by atoms with Crippen molar-refractivity contribution in [3.05, 3.63) is 0 Å². The minimum atomic E-state index is -2.77. The smallest absolute Gasteiger partial charge is 0.150 e. The molecule has 5 heteroatoms. The van der Waals surface area contributed by atoms with Gasteiger partial charge in [0, 0.05) is 6.54 Å². The molecule has 1 aliphatic rings. The summed E-state index contributed by atoms with van der Waals surface area (Å²) in [6, 6.07) is 0. The van der Waals surface area contributed by atoms with Gasteiger partial charge in [-0.15, -0.1) is 0 Å². The van der Waals surface area contributed by atoms with E-state index in [9.17, 15) is 8.42 Å². The molecule has 2 N–H and O–H groups in total. The maximum absolute atomic E-state index is 10.8. The fraction of sp³-hybridized carbons (Fsp3) is 1.00. The van der Waals surface area contributed by atoms with Gasteiger partial charge in [0.25, 0.3) is 0 Å². The summed E-state index contributed by atoms with van der Waals surface area (Å²) in [6.07, 6.45) is 0.676. The largest absolute Gasteiger partial charge is 0.317 e. The molecule has 0 aliphatic carbocycles. The van der Waals surface area contributed by atoms with Crippen LogP contribution in [-0.2, 0) is 9.84 Å². The molecule has 1 rings (SSSR count). The first kappa shape index (κ1) is 7.97. The SMILES string of the molecule is O=S1(=O)CCC(CNO)C1. The van der Waals surface area contributed by atoms with Crippen molar-refractivity contribution >= 4 is 9.84 Å². The van der Waals surface area contributed by atoms with Crippen molar-refractivity contribution in [3.8, 4) is 0 Å². The zero-order chi connectivity index (χ0) is 7.61. The minimum absolute atomic E-state index is 0.106. The highest BCUT2D eigenvalue weighted by molar-refractivity contribution is 7.91. The molecule has 0 aromatic rings. The summed E-state index contributed by atoms with van der Waals surface area (Å²) >= 11 is 0. The normalized spacial score (nSPS) is 30.7. The van der Waals surface area contributed by atoms with Crippen molar-refractivity contribution in [2.45, 2.75) is 6.42 Å². The van der Waals surface area contributed by atoms with Gasteiger partial charge in [0.1, 0.15) is 0 Å². The Hall–Kier alpha value is -0.130. The Bertz CT molecular complexity index is 199. The average Bonchev–Trinajstić information content (AvgIpc) is 2.12. The fourth-order valence-electron chi connectivity index (χ4n) is 1.16. The van der Waals surface area contributed by atoms with E-state index in [4.69, 9.17) is 5.21 Å². The maximum atomic E-state index is 10.8. The van der Waals surface area contributed by atoms with E-state index in [0.717, 1.165) is 0 Å². The molecule has 0 saturated carbocycles. The summed E-state index contributed by atoms with van der Waals surface area (Å²) in [4.78, 5) is 0. The van der Waals surface area contributed by atoms with Crippen LogP contribution >= 0.6 is 0 Å². The van der Waals surface area contributed by atoms with Gasteiger partial charge in [-0.05, 0) is 12.3 Å². The monoisotopic (exact) mass is 165 g/mol. The Morgan fingerprint density at radius 3 is 2.70 bits per heavy atom. The van der Waals surface area contributed by atoms with Crippen LogP contribution in [0, 0.1) is 5.92 Å². The second-order valence-electron chi connectivity index (χ2n) is 2.63. The first-order valence-electron chi connectivity index (χ1n) is 3.21. The summed E-state index contributed by atoms with van der Waals surface area (Å²) in [5.74, 6) is 0.606. The van der Waals surface area contributed by atoms with E-state index in [0.29, 0.717) is 13.0 Å². The van der Waals surface area contributed by atoms with Crippen molar-refractivity contribution in [2.24, 2.45) is 5.92 Å². The topological polar surface area (TPSA) is 66.4 Å². The highest BCUT2D eigenvalue weighted by Crippen LogP contribution is 2.16. The Morgan fingerprint density at radius 1 is 1.60 bits per heavy atom. The lowest BCUT2D eigenvalue weighted by molar-refractivity contribution is 0.152. The quantitative estimate of drug-likeness (QED) is 0.536. The van der Waals surface area contributed by atoms with Crippen LogP contribution in [0.4, 0.5) is 0 Å². The molecule has 0 radical (unpaired) electrons. The Balaban J connectivity index is 2.44. The third-order valence-corrected chi connectivity index (χ3v) is 3.54. The van der Waals surface area contributed by atoms with E-state index in [2.05, 4.69) is 0 Å². The van der Waals surface area contributed by atoms with Crippen LogP contribution in [-0.4, -0.2) is 31.7 Å². The van der Waals surface area contributed by atoms with Crippen LogP contribution in [0.15, 0.2) is 0 Å². The first-order chi connectivity index (χ1) is 4.64. The average molecular weight is 165 g/mol. The zero-order valence-corrected chi connectivity index (χ0v) is 6.39. The standard InChI is InChI=1S/C5H11NO3S/c7-6-3-5-1-2-10(8,9)4-5/h5-7H,1-4H2. The number of sulfone groups is 1. The van der Waals surface area contributed by atoms with Gasteiger partial charge in [-0.3, -0.25) is 0 Å². The van der Waals surface area contributed by atoms with Crippen molar-refractivity contribution in [3.63, 3.8) is 0 Å². The van der Waals surface area contributed by atoms with Crippen LogP contribution in [0.2, 0.25) is 0 Å². The van der Waals surface area contributed by atoms with Gasteiger partial charge in [0.15, 0.2) is 9.84 Å². The lowest BCUT2D eigenvalue weighted by atomic mass is 10.1. The molecule has 0 bridgehead atoms. The lowest BCUT2D eigenvalue weighted by Crippen LogP contribution is -2.20. The summed E-state index contributed by atoms with van der Waals surface area (Å²) in [5.41, 5.74) is 1.98. The third kappa shape index (κ3) is 1.93. The van der Waals surface area contributed by atoms with Gasteiger partial charge < -0.3 is 5.21 Å². The van der Waals surface area contributed by atoms with Crippen molar-refractivity contribution in [1.82, 2.24) is 5.48 Å². The zero-order valence-electron chi connectivity index (χ0n) is 5.58. The third-order valence-electron chi connectivity index (χ3n) is 1.71. The summed E-state index contributed by atoms with van der Waals surface area (Å²) in [5, 5.41) is 8.25. The van der Waals surface area contributed by atoms with E-state index < -0.39 is 9.84 Å². The van der Waals surface area contributed by atoms with E-state index >= 15 is 0 Å². The van der Waals surface area contributed by atoms with Crippen LogP contribution in [0.25, 0.3) is 0 Å². The number of hydroxylamine groups is 1. The van der Waals surface area contributed by atoms with Crippen LogP contribution in [0.5, 0.6) is 0 Å². The number of hydrogen-bond donors (Lipinski definition) is 2. The van der Waals surface area contributed by atoms with Gasteiger partial charge in [0.2, 0.25) is 0 Å². The molecule has 4 nitrogen and oxygen atoms in total. The van der Waals surface area contributed by atoms with Crippen molar-refractivity contribution in [2.75, 3.05) is 18.1 Å². The predicted molar refractivity (Wildman–Crippen MR) is 36.5 cm³/mol. The Labute approximate surface area is 60.1 Å². The second kappa shape index (κ2) is 2.86. The predicted octanol–water partition coefficient (Wildman–Crippen LogP) is -0.600. The molecule has 1 fully saturated rings. The Morgan fingerprint density at radius 2 is 2.30 bits per heavy atom. The molecule has 0 spiro atoms. The number of nitrogens with one attached hydrogen (secondary N) is 1. The van der Waals surface area contributed by atoms with E-state index in [1.807, 2.05) is 5.48 Å². The molecule has 10 heavy (non-hydrogen) atoms. The van der Waals surface area contributed by atoms with Gasteiger partial charge in [0.05, 0.1) is 11.5 Å². The molecule has 1 saturated heterocycles. The fourth-order valence-corrected chi connectivity index (χ4v) is 3.02. The lowest BCUT2D eigenvalue weighted by Gasteiger charge is -2.02. The summed E-state index contributed by atoms with van der Waals surface area (Å²) in [7, 11) is -2.77. The number of hydrogen-bond acceptors (Lipinski definition) is 4. The highest BCUT2D eigenvalue weighted by Gasteiger charge is 2.27. The van der Waals surface area contributed by atoms with E-state index in [1.165, 1.54) is 0 Å². The van der Waals surface area contributed by atoms with Gasteiger partial charge in [-0.25, -0.2) is 13.9 Å². The molecule has 60 valence electrons. The van der Waals surface area contributed by atoms with Gasteiger partial charge >= 0.3 is 0 Å². The molecule has 0 aromatic heterocycles. The summed E-state index contributed by atoms with van der Waals surface area (Å²) < 4.78 is 21.6. The van der Waals surface area contributed by atoms with Crippen LogP contribution in [0.1, 0.15) is 6.42 Å². The van der Waals surface area contributed by atoms with Crippen molar-refractivity contribution in [1.29, 1.82) is 0 Å². The molecule has 1 atom stereocenters. The molecule has 1 aliphatic heterocycles. The first-order valence-corrected chi connectivity index (χ1v) is 5.03. The van der Waals surface area contributed by atoms with E-state index in [1.54, 1.807) is 0 Å². The molecule has 1 unspecified atom stereocenters. The van der Waals surface area contributed by atoms with Gasteiger partial charge in [-0.2, -0.15) is 0 Å². The van der Waals surface area contributed by atoms with Crippen LogP contribution in [0.3, 0.4) is 0 Å².